The van der Waals surface area contributed by atoms with Crippen LogP contribution < -0.4 is 22.3 Å². The van der Waals surface area contributed by atoms with Crippen molar-refractivity contribution in [3.05, 3.63) is 105 Å². The van der Waals surface area contributed by atoms with Crippen LogP contribution in [-0.2, 0) is 42.5 Å². The molecule has 312 valence electrons. The molecular formula is C33H32F2N8O13P2S. The number of alkyl halides is 2. The summed E-state index contributed by atoms with van der Waals surface area (Å²) in [6, 6.07) is 12.8. The molecular weight excluding hydrogens is 848 g/mol. The van der Waals surface area contributed by atoms with Gasteiger partial charge in [-0.1, -0.05) is 12.1 Å². The van der Waals surface area contributed by atoms with Crippen molar-refractivity contribution in [3.8, 4) is 5.75 Å². The molecule has 3 saturated heterocycles. The maximum Gasteiger partial charge on any atom is 0.472 e. The van der Waals surface area contributed by atoms with Crippen molar-refractivity contribution < 1.29 is 60.3 Å². The summed E-state index contributed by atoms with van der Waals surface area (Å²) in [6.07, 6.45) is -11.9. The summed E-state index contributed by atoms with van der Waals surface area (Å²) >= 11 is 0.570. The van der Waals surface area contributed by atoms with Gasteiger partial charge in [0.25, 0.3) is 11.5 Å². The second-order valence-corrected chi connectivity index (χ2v) is 18.7. The highest BCUT2D eigenvalue weighted by molar-refractivity contribution is 8.54. The Hall–Kier alpha value is -4.87. The number of aromatic amines is 1. The zero-order chi connectivity index (χ0) is 41.6. The molecule has 5 aromatic rings. The maximum absolute atomic E-state index is 16.4. The number of nitrogens with one attached hydrogen (secondary N) is 2. The minimum atomic E-state index is -5.28. The van der Waals surface area contributed by atoms with Gasteiger partial charge < -0.3 is 30.5 Å². The van der Waals surface area contributed by atoms with Crippen LogP contribution in [0.5, 0.6) is 5.75 Å². The number of nitrogens with zero attached hydrogens (tertiary/aromatic N) is 5. The first kappa shape index (κ1) is 40.9. The number of phosphoric ester groups is 1. The van der Waals surface area contributed by atoms with Crippen molar-refractivity contribution in [1.29, 1.82) is 0 Å². The Morgan fingerprint density at radius 1 is 0.915 bits per heavy atom. The number of fused-ring (bicyclic) bond motifs is 4. The van der Waals surface area contributed by atoms with E-state index in [1.807, 2.05) is 4.98 Å². The van der Waals surface area contributed by atoms with Crippen molar-refractivity contribution in [1.82, 2.24) is 29.1 Å². The van der Waals surface area contributed by atoms with Gasteiger partial charge in [0.15, 0.2) is 36.3 Å². The molecule has 8 rings (SSSR count). The van der Waals surface area contributed by atoms with Crippen molar-refractivity contribution >= 4 is 54.6 Å². The molecule has 3 aliphatic heterocycles. The smallest absolute Gasteiger partial charge is 0.472 e. The van der Waals surface area contributed by atoms with Crippen molar-refractivity contribution in [3.63, 3.8) is 0 Å². The number of nitrogens with two attached hydrogens (primary N) is 1. The summed E-state index contributed by atoms with van der Waals surface area (Å²) < 4.78 is 96.5. The number of phenolic OH excluding ortho intramolecular Hbond substituents is 1. The minimum Gasteiger partial charge on any atom is -0.508 e. The molecule has 0 aliphatic carbocycles. The van der Waals surface area contributed by atoms with Gasteiger partial charge in [-0.3, -0.25) is 41.8 Å². The van der Waals surface area contributed by atoms with Gasteiger partial charge in [0.05, 0.1) is 19.5 Å². The van der Waals surface area contributed by atoms with E-state index in [-0.39, 0.29) is 34.0 Å². The van der Waals surface area contributed by atoms with Crippen LogP contribution in [0.2, 0.25) is 0 Å². The van der Waals surface area contributed by atoms with Crippen LogP contribution >= 0.6 is 26.0 Å². The number of imidazole rings is 1. The number of rotatable bonds is 7. The summed E-state index contributed by atoms with van der Waals surface area (Å²) in [7, 11) is -5.28. The quantitative estimate of drug-likeness (QED) is 0.147. The van der Waals surface area contributed by atoms with E-state index in [9.17, 15) is 33.5 Å². The van der Waals surface area contributed by atoms with Gasteiger partial charge in [-0.25, -0.2) is 37.7 Å². The third kappa shape index (κ3) is 8.59. The van der Waals surface area contributed by atoms with Gasteiger partial charge >= 0.3 is 20.3 Å². The summed E-state index contributed by atoms with van der Waals surface area (Å²) in [5, 5.41) is 12.2. The van der Waals surface area contributed by atoms with Gasteiger partial charge in [-0.05, 0) is 53.3 Å². The van der Waals surface area contributed by atoms with E-state index in [4.69, 9.17) is 33.3 Å². The third-order valence-electron chi connectivity index (χ3n) is 9.35. The Morgan fingerprint density at radius 2 is 1.64 bits per heavy atom. The summed E-state index contributed by atoms with van der Waals surface area (Å²) in [6.45, 7) is -6.47. The number of amides is 1. The van der Waals surface area contributed by atoms with Crippen molar-refractivity contribution in [2.45, 2.75) is 55.0 Å². The lowest BCUT2D eigenvalue weighted by Crippen LogP contribution is -2.36. The molecule has 2 unspecified atom stereocenters. The van der Waals surface area contributed by atoms with Gasteiger partial charge in [-0.2, -0.15) is 0 Å². The van der Waals surface area contributed by atoms with Gasteiger partial charge in [0, 0.05) is 29.3 Å². The molecule has 2 bridgehead atoms. The second-order valence-electron chi connectivity index (χ2n) is 13.2. The zero-order valence-corrected chi connectivity index (χ0v) is 32.5. The predicted octanol–water partition coefficient (Wildman–Crippen LogP) is 3.35. The highest BCUT2D eigenvalue weighted by atomic mass is 32.7. The first-order chi connectivity index (χ1) is 28.2. The van der Waals surface area contributed by atoms with Crippen LogP contribution in [0.15, 0.2) is 83.0 Å². The fourth-order valence-electron chi connectivity index (χ4n) is 6.45. The summed E-state index contributed by atoms with van der Waals surface area (Å²) in [4.78, 5) is 62.0. The second kappa shape index (κ2) is 16.3. The Morgan fingerprint density at radius 3 is 2.39 bits per heavy atom. The molecule has 6 heterocycles. The first-order valence-corrected chi connectivity index (χ1v) is 22.1. The molecule has 0 saturated carbocycles. The topological polar surface area (TPSA) is 284 Å². The largest absolute Gasteiger partial charge is 0.508 e. The summed E-state index contributed by atoms with van der Waals surface area (Å²) in [5.74, 6) is -0.604. The van der Waals surface area contributed by atoms with Crippen LogP contribution in [0.25, 0.3) is 11.2 Å². The number of carbonyl (C=O) groups is 1. The van der Waals surface area contributed by atoms with Crippen molar-refractivity contribution in [2.75, 3.05) is 24.3 Å². The van der Waals surface area contributed by atoms with Gasteiger partial charge in [0.1, 0.15) is 42.0 Å². The number of benzene rings is 2. The fourth-order valence-corrected chi connectivity index (χ4v) is 10.8. The van der Waals surface area contributed by atoms with E-state index < -0.39 is 94.2 Å². The number of nitrogen functional groups attached to an aromatic ring is 1. The Labute approximate surface area is 333 Å². The standard InChI is InChI=1S/C33H32F2N8O13P2S/c34-23-20-11-52-58(50,59-13-16-1-5-18(6-2-16)40-30(46)17-3-7-19(44)8-4-17)56-26-21(54-31(24(26)35)42-10-9-22(45)41-33(42)47)12-51-57(48,49)55-27(23)32(53-20)43-15-39-25-28(36)37-14-38-29(25)43/h1-10,14-15,20-21,23-24,26-27,31-32,44H,11-13H2,(H,40,46)(H,48,49)(H2,36,37,38)(H,41,45,47)/t20-,21-,23-,24-,26-,27-,31-,32-,58?/m1/s1. The lowest BCUT2D eigenvalue weighted by Gasteiger charge is -2.27. The number of phosphoric acid groups is 1. The number of ether oxygens (including phenoxy) is 2. The first-order valence-electron chi connectivity index (χ1n) is 17.4. The number of aromatic hydroxyl groups is 1. The van der Waals surface area contributed by atoms with Gasteiger partial charge in [-0.15, -0.1) is 0 Å². The molecule has 10 atom stereocenters. The van der Waals surface area contributed by atoms with Crippen LogP contribution in [0.4, 0.5) is 20.3 Å². The summed E-state index contributed by atoms with van der Waals surface area (Å²) in [5.41, 5.74) is 5.41. The third-order valence-corrected chi connectivity index (χ3v) is 14.0. The number of halogens is 2. The number of aromatic nitrogens is 6. The SMILES string of the molecule is Nc1ncnc2c1ncn2[C@@H]1O[C@@H]2COP(=O)(SCc3ccc(NC(=O)c4ccc(O)cc4)cc3)O[C@H]3[C@@H](F)[C@H](n4ccc(=O)[nH]c4=O)O[C@@H]3COP(=O)(O)O[C@@H]1[C@@H]2F. The fraction of sp³-hybridized carbons (Fsp3) is 0.333. The number of hydrogen-bond donors (Lipinski definition) is 5. The molecule has 2 aromatic carbocycles. The molecule has 0 radical (unpaired) electrons. The van der Waals surface area contributed by atoms with Crippen LogP contribution in [0, 0.1) is 0 Å². The number of carbonyl (C=O) groups excluding carboxylic acids is 1. The average Bonchev–Trinajstić information content (AvgIpc) is 3.86. The van der Waals surface area contributed by atoms with E-state index in [0.717, 1.165) is 18.6 Å². The van der Waals surface area contributed by atoms with E-state index in [2.05, 4.69) is 20.3 Å². The number of phenols is 1. The molecule has 0 spiro atoms. The molecule has 59 heavy (non-hydrogen) atoms. The molecule has 26 heteroatoms. The molecule has 3 aliphatic rings. The lowest BCUT2D eigenvalue weighted by atomic mass is 10.1. The number of hydrogen-bond acceptors (Lipinski definition) is 17. The maximum atomic E-state index is 16.4. The van der Waals surface area contributed by atoms with Gasteiger partial charge in [0.2, 0.25) is 0 Å². The highest BCUT2D eigenvalue weighted by Gasteiger charge is 2.55. The molecule has 1 amide bonds. The van der Waals surface area contributed by atoms with E-state index in [1.54, 1.807) is 24.3 Å². The molecule has 3 fully saturated rings. The lowest BCUT2D eigenvalue weighted by molar-refractivity contribution is -0.0640. The van der Waals surface area contributed by atoms with Crippen LogP contribution in [0.3, 0.4) is 0 Å². The Balaban J connectivity index is 1.08. The van der Waals surface area contributed by atoms with E-state index >= 15 is 8.78 Å². The normalized spacial score (nSPS) is 31.2. The molecule has 6 N–H and O–H groups in total. The van der Waals surface area contributed by atoms with Crippen molar-refractivity contribution in [2.24, 2.45) is 0 Å². The monoisotopic (exact) mass is 880 g/mol. The highest BCUT2D eigenvalue weighted by Crippen LogP contribution is 2.64. The zero-order valence-electron chi connectivity index (χ0n) is 29.9. The van der Waals surface area contributed by atoms with E-state index in [0.29, 0.717) is 27.2 Å². The number of H-pyrrole nitrogens is 1. The Bertz CT molecular complexity index is 2590. The van der Waals surface area contributed by atoms with Crippen LogP contribution in [0.1, 0.15) is 28.4 Å². The van der Waals surface area contributed by atoms with E-state index in [1.165, 1.54) is 35.2 Å². The van der Waals surface area contributed by atoms with Crippen LogP contribution in [-0.4, -0.2) is 95.0 Å². The molecule has 21 nitrogen and oxygen atoms in total. The molecule has 3 aromatic heterocycles. The predicted molar refractivity (Wildman–Crippen MR) is 202 cm³/mol. The average molecular weight is 881 g/mol. The number of anilines is 2. The minimum absolute atomic E-state index is 0.00820. The Kier molecular flexibility index (Phi) is 11.3.